The molecule has 0 aliphatic rings. The average Bonchev–Trinajstić information content (AvgIpc) is 2.71. The number of rotatable bonds is 4. The first-order valence-corrected chi connectivity index (χ1v) is 6.30. The highest BCUT2D eigenvalue weighted by Crippen LogP contribution is 2.12. The van der Waals surface area contributed by atoms with Gasteiger partial charge in [-0.3, -0.25) is 5.32 Å². The fourth-order valence-corrected chi connectivity index (χ4v) is 1.97. The maximum Gasteiger partial charge on any atom is 0.137 e. The van der Waals surface area contributed by atoms with Crippen molar-refractivity contribution in [2.45, 2.75) is 26.4 Å². The quantitative estimate of drug-likeness (QED) is 0.858. The van der Waals surface area contributed by atoms with Crippen LogP contribution in [0.3, 0.4) is 0 Å². The van der Waals surface area contributed by atoms with Crippen molar-refractivity contribution in [2.24, 2.45) is 5.92 Å². The number of hydrogen-bond donors (Lipinski definition) is 1. The topological polar surface area (TPSA) is 29.3 Å². The second kappa shape index (κ2) is 5.43. The number of nitrogens with zero attached hydrogens (tertiary/aromatic N) is 2. The first-order valence-electron chi connectivity index (χ1n) is 5.93. The van der Waals surface area contributed by atoms with E-state index in [2.05, 4.69) is 30.1 Å². The first-order chi connectivity index (χ1) is 8.60. The Balaban J connectivity index is 2.11. The molecule has 0 aromatic carbocycles. The number of halogens is 1. The predicted octanol–water partition coefficient (Wildman–Crippen LogP) is 2.74. The molecule has 0 aliphatic heterocycles. The van der Waals surface area contributed by atoms with E-state index >= 15 is 0 Å². The standard InChI is InChI=1S/C14H16ClN3/c1-4-13(10(2)3)16-7-12-9-18-8-11(15)5-6-14(18)17-12/h1,5-6,8-10,13,16H,7H2,2-3H3. The summed E-state index contributed by atoms with van der Waals surface area (Å²) < 4.78 is 1.92. The first kappa shape index (κ1) is 12.9. The summed E-state index contributed by atoms with van der Waals surface area (Å²) in [5.74, 6) is 3.15. The number of nitrogens with one attached hydrogen (secondary N) is 1. The molecule has 0 aliphatic carbocycles. The van der Waals surface area contributed by atoms with E-state index in [1.807, 2.05) is 28.9 Å². The van der Waals surface area contributed by atoms with Gasteiger partial charge in [0.25, 0.3) is 0 Å². The van der Waals surface area contributed by atoms with Gasteiger partial charge in [0.15, 0.2) is 0 Å². The van der Waals surface area contributed by atoms with Crippen LogP contribution in [0.25, 0.3) is 5.65 Å². The molecule has 2 rings (SSSR count). The van der Waals surface area contributed by atoms with Crippen molar-refractivity contribution in [2.75, 3.05) is 0 Å². The van der Waals surface area contributed by atoms with Gasteiger partial charge in [-0.1, -0.05) is 31.4 Å². The molecule has 0 saturated heterocycles. The number of hydrogen-bond acceptors (Lipinski definition) is 2. The third-order valence-electron chi connectivity index (χ3n) is 2.81. The monoisotopic (exact) mass is 261 g/mol. The zero-order valence-corrected chi connectivity index (χ0v) is 11.3. The molecule has 0 radical (unpaired) electrons. The third-order valence-corrected chi connectivity index (χ3v) is 3.04. The van der Waals surface area contributed by atoms with Gasteiger partial charge in [-0.2, -0.15) is 0 Å². The molecule has 1 atom stereocenters. The normalized spacial score (nSPS) is 12.8. The van der Waals surface area contributed by atoms with E-state index < -0.39 is 0 Å². The minimum absolute atomic E-state index is 0.0680. The molecule has 3 nitrogen and oxygen atoms in total. The lowest BCUT2D eigenvalue weighted by Crippen LogP contribution is -2.31. The van der Waals surface area contributed by atoms with Crippen LogP contribution >= 0.6 is 11.6 Å². The maximum atomic E-state index is 5.93. The van der Waals surface area contributed by atoms with Crippen molar-refractivity contribution in [3.8, 4) is 12.3 Å². The molecule has 0 bridgehead atoms. The van der Waals surface area contributed by atoms with Gasteiger partial charge in [0.2, 0.25) is 0 Å². The summed E-state index contributed by atoms with van der Waals surface area (Å²) in [4.78, 5) is 4.49. The molecule has 2 aromatic heterocycles. The van der Waals surface area contributed by atoms with E-state index in [0.717, 1.165) is 11.3 Å². The van der Waals surface area contributed by atoms with Crippen molar-refractivity contribution < 1.29 is 0 Å². The SMILES string of the molecule is C#CC(NCc1cn2cc(Cl)ccc2n1)C(C)C. The van der Waals surface area contributed by atoms with Crippen LogP contribution < -0.4 is 5.32 Å². The molecule has 0 saturated carbocycles. The molecule has 0 fully saturated rings. The van der Waals surface area contributed by atoms with Crippen molar-refractivity contribution in [3.63, 3.8) is 0 Å². The van der Waals surface area contributed by atoms with Gasteiger partial charge in [-0.25, -0.2) is 4.98 Å². The minimum atomic E-state index is 0.0680. The van der Waals surface area contributed by atoms with Crippen LogP contribution in [0.15, 0.2) is 24.5 Å². The fourth-order valence-electron chi connectivity index (χ4n) is 1.80. The summed E-state index contributed by atoms with van der Waals surface area (Å²) in [6, 6.07) is 3.80. The molecule has 1 unspecified atom stereocenters. The lowest BCUT2D eigenvalue weighted by atomic mass is 10.1. The molecule has 2 heterocycles. The molecular weight excluding hydrogens is 246 g/mol. The van der Waals surface area contributed by atoms with E-state index in [0.29, 0.717) is 17.5 Å². The van der Waals surface area contributed by atoms with Gasteiger partial charge in [-0.15, -0.1) is 6.42 Å². The van der Waals surface area contributed by atoms with Gasteiger partial charge in [-0.05, 0) is 18.1 Å². The van der Waals surface area contributed by atoms with E-state index in [4.69, 9.17) is 18.0 Å². The number of aromatic nitrogens is 2. The van der Waals surface area contributed by atoms with Gasteiger partial charge in [0.1, 0.15) is 5.65 Å². The Labute approximate surface area is 112 Å². The Bertz CT molecular complexity index is 580. The van der Waals surface area contributed by atoms with Gasteiger partial charge >= 0.3 is 0 Å². The van der Waals surface area contributed by atoms with Crippen LogP contribution in [-0.4, -0.2) is 15.4 Å². The molecule has 1 N–H and O–H groups in total. The van der Waals surface area contributed by atoms with E-state index in [1.165, 1.54) is 0 Å². The van der Waals surface area contributed by atoms with E-state index in [1.54, 1.807) is 0 Å². The average molecular weight is 262 g/mol. The highest BCUT2D eigenvalue weighted by molar-refractivity contribution is 6.30. The number of fused-ring (bicyclic) bond motifs is 1. The van der Waals surface area contributed by atoms with E-state index in [9.17, 15) is 0 Å². The Kier molecular flexibility index (Phi) is 3.90. The Morgan fingerprint density at radius 3 is 2.89 bits per heavy atom. The van der Waals surface area contributed by atoms with Gasteiger partial charge < -0.3 is 4.40 Å². The molecule has 2 aromatic rings. The zero-order valence-electron chi connectivity index (χ0n) is 10.5. The van der Waals surface area contributed by atoms with Crippen molar-refractivity contribution in [3.05, 3.63) is 35.2 Å². The van der Waals surface area contributed by atoms with Crippen LogP contribution in [0, 0.1) is 18.3 Å². The molecule has 0 spiro atoms. The van der Waals surface area contributed by atoms with Crippen LogP contribution in [0.5, 0.6) is 0 Å². The Hall–Kier alpha value is -1.50. The van der Waals surface area contributed by atoms with Crippen molar-refractivity contribution in [1.82, 2.24) is 14.7 Å². The molecule has 4 heteroatoms. The second-order valence-electron chi connectivity index (χ2n) is 4.61. The summed E-state index contributed by atoms with van der Waals surface area (Å²) in [5.41, 5.74) is 1.84. The maximum absolute atomic E-state index is 5.93. The minimum Gasteiger partial charge on any atom is -0.305 e. The predicted molar refractivity (Wildman–Crippen MR) is 74.5 cm³/mol. The number of pyridine rings is 1. The van der Waals surface area contributed by atoms with Crippen LogP contribution in [0.1, 0.15) is 19.5 Å². The zero-order chi connectivity index (χ0) is 13.1. The molecule has 18 heavy (non-hydrogen) atoms. The second-order valence-corrected chi connectivity index (χ2v) is 5.05. The Morgan fingerprint density at radius 2 is 2.22 bits per heavy atom. The lowest BCUT2D eigenvalue weighted by molar-refractivity contribution is 0.473. The van der Waals surface area contributed by atoms with Crippen molar-refractivity contribution in [1.29, 1.82) is 0 Å². The highest BCUT2D eigenvalue weighted by Gasteiger charge is 2.10. The number of imidazole rings is 1. The van der Waals surface area contributed by atoms with Gasteiger partial charge in [0, 0.05) is 18.9 Å². The summed E-state index contributed by atoms with van der Waals surface area (Å²) in [5, 5.41) is 4.01. The molecule has 0 amide bonds. The smallest absolute Gasteiger partial charge is 0.137 e. The lowest BCUT2D eigenvalue weighted by Gasteiger charge is -2.15. The number of terminal acetylenes is 1. The van der Waals surface area contributed by atoms with Crippen LogP contribution in [-0.2, 0) is 6.54 Å². The largest absolute Gasteiger partial charge is 0.305 e. The summed E-state index contributed by atoms with van der Waals surface area (Å²) in [6.07, 6.45) is 9.28. The van der Waals surface area contributed by atoms with Crippen molar-refractivity contribution >= 4 is 17.2 Å². The van der Waals surface area contributed by atoms with Gasteiger partial charge in [0.05, 0.1) is 16.8 Å². The Morgan fingerprint density at radius 1 is 1.44 bits per heavy atom. The summed E-state index contributed by atoms with van der Waals surface area (Å²) in [7, 11) is 0. The summed E-state index contributed by atoms with van der Waals surface area (Å²) in [6.45, 7) is 4.86. The molecule has 94 valence electrons. The summed E-state index contributed by atoms with van der Waals surface area (Å²) >= 11 is 5.93. The van der Waals surface area contributed by atoms with E-state index in [-0.39, 0.29) is 6.04 Å². The molecular formula is C14H16ClN3. The van der Waals surface area contributed by atoms with Crippen LogP contribution in [0.2, 0.25) is 5.02 Å². The fraction of sp³-hybridized carbons (Fsp3) is 0.357. The highest BCUT2D eigenvalue weighted by atomic mass is 35.5. The van der Waals surface area contributed by atoms with Crippen LogP contribution in [0.4, 0.5) is 0 Å². The third kappa shape index (κ3) is 2.84.